The normalized spacial score (nSPS) is 28.8. The van der Waals surface area contributed by atoms with Crippen molar-refractivity contribution in [2.24, 2.45) is 16.7 Å². The van der Waals surface area contributed by atoms with Crippen LogP contribution in [0.3, 0.4) is 0 Å². The highest BCUT2D eigenvalue weighted by Gasteiger charge is 2.72. The van der Waals surface area contributed by atoms with E-state index in [1.54, 1.807) is 78.9 Å². The quantitative estimate of drug-likeness (QED) is 0.0908. The molecule has 0 radical (unpaired) electrons. The van der Waals surface area contributed by atoms with Crippen molar-refractivity contribution in [2.45, 2.75) is 109 Å². The lowest BCUT2D eigenvalue weighted by atomic mass is 9.47. The molecule has 0 aromatic heterocycles. The van der Waals surface area contributed by atoms with Crippen molar-refractivity contribution in [2.75, 3.05) is 13.0 Å². The molecule has 0 spiro atoms. The van der Waals surface area contributed by atoms with Gasteiger partial charge in [-0.1, -0.05) is 80.6 Å². The lowest BCUT2D eigenvalue weighted by Crippen LogP contribution is -2.74. The van der Waals surface area contributed by atoms with E-state index in [9.17, 15) is 39.0 Å². The Hall–Kier alpha value is -5.94. The second-order valence-corrected chi connectivity index (χ2v) is 17.8. The van der Waals surface area contributed by atoms with Gasteiger partial charge in [0.2, 0.25) is 6.10 Å². The summed E-state index contributed by atoms with van der Waals surface area (Å²) in [7, 11) is 1.30. The molecule has 3 aliphatic carbocycles. The predicted octanol–water partition coefficient (Wildman–Crippen LogP) is 4.77. The van der Waals surface area contributed by atoms with Crippen molar-refractivity contribution in [3.05, 3.63) is 119 Å². The highest BCUT2D eigenvalue weighted by atomic mass is 35.5. The Kier molecular flexibility index (Phi) is 14.9. The molecular weight excluding hydrogens is 878 g/mol. The third-order valence-electron chi connectivity index (χ3n) is 13.3. The van der Waals surface area contributed by atoms with Gasteiger partial charge in [0.1, 0.15) is 35.8 Å². The lowest BCUT2D eigenvalue weighted by Gasteiger charge is -2.62. The molecule has 1 unspecified atom stereocenters. The number of alkyl halides is 1. The fraction of sp³-hybridized carbons (Fsp3) is 0.449. The number of nitrogens with one attached hydrogen (secondary N) is 1. The molecular formula is C49H54ClNO15. The minimum atomic E-state index is -2.46. The number of aliphatic hydroxyl groups excluding tert-OH is 1. The third-order valence-corrected chi connectivity index (χ3v) is 13.5. The number of hydrogen-bond acceptors (Lipinski definition) is 15. The fourth-order valence-electron chi connectivity index (χ4n) is 9.87. The Morgan fingerprint density at radius 2 is 1.38 bits per heavy atom. The van der Waals surface area contributed by atoms with Gasteiger partial charge in [0.05, 0.1) is 29.1 Å². The zero-order valence-corrected chi connectivity index (χ0v) is 38.3. The zero-order chi connectivity index (χ0) is 48.3. The largest absolute Gasteiger partial charge is 0.459 e. The number of Topliss-reactive ketones (excluding diaryl/α,β-unsaturated/α-hetero) is 1. The Labute approximate surface area is 386 Å². The maximum atomic E-state index is 15.5. The highest BCUT2D eigenvalue weighted by molar-refractivity contribution is 6.26. The number of carbonyl (C=O) groups is 7. The summed E-state index contributed by atoms with van der Waals surface area (Å²) in [6.45, 7) is 8.10. The number of aliphatic hydroxyl groups is 2. The highest BCUT2D eigenvalue weighted by Crippen LogP contribution is 2.61. The molecule has 0 aliphatic heterocycles. The van der Waals surface area contributed by atoms with Crippen molar-refractivity contribution in [1.29, 1.82) is 0 Å². The number of esters is 5. The molecule has 3 aromatic rings. The summed E-state index contributed by atoms with van der Waals surface area (Å²) in [4.78, 5) is 97.5. The van der Waals surface area contributed by atoms with Gasteiger partial charge >= 0.3 is 29.8 Å². The van der Waals surface area contributed by atoms with Crippen molar-refractivity contribution in [3.63, 3.8) is 0 Å². The molecule has 0 heterocycles. The second kappa shape index (κ2) is 19.9. The van der Waals surface area contributed by atoms with Crippen LogP contribution in [0.4, 0.5) is 0 Å². The van der Waals surface area contributed by atoms with Crippen LogP contribution in [0, 0.1) is 16.7 Å². The van der Waals surface area contributed by atoms with Gasteiger partial charge < -0.3 is 44.0 Å². The van der Waals surface area contributed by atoms with Crippen LogP contribution in [0.1, 0.15) is 86.7 Å². The van der Waals surface area contributed by atoms with E-state index in [4.69, 9.17) is 40.0 Å². The second-order valence-electron chi connectivity index (χ2n) is 17.5. The van der Waals surface area contributed by atoms with E-state index < -0.39 is 125 Å². The molecule has 2 bridgehead atoms. The number of methoxy groups -OCH3 is 1. The SMILES string of the molecule is CO[C@@H]1C[C@H](O)[C@@]2(C)C(=O)[C@H](OC(C)=O)C3=C(C)[C@@H](OC(=O)[C@H](OC(=O)CCl)[C@@H](NC(=O)c4ccccc4)c4ccccc4)C[C@@](O)([C@@H](OC(=O)c4ccccc4)C2[C@H]1OC(C)=O)C3(C)C. The standard InChI is InChI=1S/C49H54ClNO15/c1-26-33(64-46(59)41(65-35(55)25-50)38(29-17-11-8-12-18-29)51-44(57)30-19-13-9-14-20-30)24-49(60)43(66-45(58)31-21-15-10-16-22-31)37-39(62-27(2)52)32(61-7)23-34(54)48(37,6)42(56)40(63-28(3)53)36(26)47(49,4)5/h8-22,32-34,37-41,43,54,60H,23-25H2,1-7H3,(H,51,57)/t32-,33+,34+,37?,38+,39+,40-,41-,43+,48-,49-/m1/s1. The minimum Gasteiger partial charge on any atom is -0.459 e. The Morgan fingerprint density at radius 3 is 1.92 bits per heavy atom. The van der Waals surface area contributed by atoms with E-state index in [0.29, 0.717) is 5.56 Å². The molecule has 0 saturated heterocycles. The van der Waals surface area contributed by atoms with Gasteiger partial charge in [-0.25, -0.2) is 9.59 Å². The average molecular weight is 932 g/mol. The molecule has 1 amide bonds. The summed E-state index contributed by atoms with van der Waals surface area (Å²) in [5, 5.41) is 28.6. The number of benzene rings is 3. The minimum absolute atomic E-state index is 0.0367. The monoisotopic (exact) mass is 931 g/mol. The Bertz CT molecular complexity index is 2360. The van der Waals surface area contributed by atoms with Crippen LogP contribution < -0.4 is 5.32 Å². The number of hydrogen-bond donors (Lipinski definition) is 3. The molecule has 3 N–H and O–H groups in total. The summed E-state index contributed by atoms with van der Waals surface area (Å²) in [5.74, 6) is -8.88. The van der Waals surface area contributed by atoms with Crippen LogP contribution in [-0.4, -0.2) is 113 Å². The van der Waals surface area contributed by atoms with Gasteiger partial charge in [-0.15, -0.1) is 11.6 Å². The summed E-state index contributed by atoms with van der Waals surface area (Å²) >= 11 is 5.90. The summed E-state index contributed by atoms with van der Waals surface area (Å²) in [5.41, 5.74) is -5.65. The number of rotatable bonds is 13. The molecule has 3 aromatic carbocycles. The van der Waals surface area contributed by atoms with Crippen LogP contribution in [0.15, 0.2) is 102 Å². The lowest BCUT2D eigenvalue weighted by molar-refractivity contribution is -0.257. The molecule has 352 valence electrons. The summed E-state index contributed by atoms with van der Waals surface area (Å²) < 4.78 is 35.8. The van der Waals surface area contributed by atoms with Gasteiger partial charge in [-0.2, -0.15) is 0 Å². The molecule has 11 atom stereocenters. The van der Waals surface area contributed by atoms with E-state index in [2.05, 4.69) is 5.32 Å². The Balaban J connectivity index is 1.57. The molecule has 2 fully saturated rings. The van der Waals surface area contributed by atoms with E-state index >= 15 is 4.79 Å². The number of amides is 1. The molecule has 2 saturated carbocycles. The van der Waals surface area contributed by atoms with Gasteiger partial charge in [0.15, 0.2) is 11.9 Å². The van der Waals surface area contributed by atoms with Crippen molar-refractivity contribution in [1.82, 2.24) is 5.32 Å². The summed E-state index contributed by atoms with van der Waals surface area (Å²) in [6.07, 6.45) is -12.4. The van der Waals surface area contributed by atoms with Crippen LogP contribution in [0.25, 0.3) is 0 Å². The molecule has 17 heteroatoms. The van der Waals surface area contributed by atoms with Gasteiger partial charge in [-0.3, -0.25) is 24.0 Å². The Morgan fingerprint density at radius 1 is 0.818 bits per heavy atom. The maximum absolute atomic E-state index is 15.5. The smallest absolute Gasteiger partial charge is 0.350 e. The van der Waals surface area contributed by atoms with E-state index in [-0.39, 0.29) is 28.7 Å². The first-order chi connectivity index (χ1) is 31.2. The molecule has 16 nitrogen and oxygen atoms in total. The van der Waals surface area contributed by atoms with Crippen molar-refractivity contribution >= 4 is 53.1 Å². The van der Waals surface area contributed by atoms with Gasteiger partial charge in [-0.05, 0) is 54.8 Å². The first kappa shape index (κ1) is 49.5. The first-order valence-electron chi connectivity index (χ1n) is 21.4. The fourth-order valence-corrected chi connectivity index (χ4v) is 9.93. The number of ether oxygens (including phenoxy) is 6. The van der Waals surface area contributed by atoms with Crippen LogP contribution >= 0.6 is 11.6 Å². The van der Waals surface area contributed by atoms with E-state index in [1.807, 2.05) is 0 Å². The summed E-state index contributed by atoms with van der Waals surface area (Å²) in [6, 6.07) is 22.6. The van der Waals surface area contributed by atoms with Crippen LogP contribution in [0.5, 0.6) is 0 Å². The zero-order valence-electron chi connectivity index (χ0n) is 37.6. The maximum Gasteiger partial charge on any atom is 0.350 e. The predicted molar refractivity (Wildman–Crippen MR) is 234 cm³/mol. The van der Waals surface area contributed by atoms with Gasteiger partial charge in [0, 0.05) is 44.8 Å². The van der Waals surface area contributed by atoms with Gasteiger partial charge in [0.25, 0.3) is 5.91 Å². The molecule has 66 heavy (non-hydrogen) atoms. The number of carbonyl (C=O) groups excluding carboxylic acids is 7. The van der Waals surface area contributed by atoms with Crippen molar-refractivity contribution in [3.8, 4) is 0 Å². The first-order valence-corrected chi connectivity index (χ1v) is 21.9. The van der Waals surface area contributed by atoms with Crippen molar-refractivity contribution < 1.29 is 72.2 Å². The molecule has 6 rings (SSSR count). The number of fused-ring (bicyclic) bond motifs is 3. The van der Waals surface area contributed by atoms with E-state index in [0.717, 1.165) is 13.8 Å². The third kappa shape index (κ3) is 9.37. The molecule has 3 aliphatic rings. The number of halogens is 1. The van der Waals surface area contributed by atoms with Crippen LogP contribution in [0.2, 0.25) is 0 Å². The topological polar surface area (TPSA) is 227 Å². The number of ketones is 1. The average Bonchev–Trinajstić information content (AvgIpc) is 3.29. The van der Waals surface area contributed by atoms with E-state index in [1.165, 1.54) is 46.9 Å². The van der Waals surface area contributed by atoms with Crippen LogP contribution in [-0.2, 0) is 52.4 Å².